The van der Waals surface area contributed by atoms with E-state index in [1.54, 1.807) is 0 Å². The molecule has 0 bridgehead atoms. The van der Waals surface area contributed by atoms with Crippen molar-refractivity contribution in [3.63, 3.8) is 0 Å². The number of rotatable bonds is 5. The Balaban J connectivity index is 1.97. The lowest BCUT2D eigenvalue weighted by Gasteiger charge is -2.25. The minimum absolute atomic E-state index is 0.0757. The van der Waals surface area contributed by atoms with Crippen LogP contribution in [0.1, 0.15) is 18.4 Å². The van der Waals surface area contributed by atoms with Gasteiger partial charge in [0.1, 0.15) is 0 Å². The maximum atomic E-state index is 12.3. The maximum absolute atomic E-state index is 12.3. The van der Waals surface area contributed by atoms with Gasteiger partial charge in [-0.3, -0.25) is 4.79 Å². The smallest absolute Gasteiger partial charge is 0.230 e. The fraction of sp³-hybridized carbons (Fsp3) is 0.467. The number of carbonyl (C=O) groups is 1. The van der Waals surface area contributed by atoms with Crippen molar-refractivity contribution < 1.29 is 9.53 Å². The number of thiocarbonyl (C=S) groups is 1. The highest BCUT2D eigenvalue weighted by Crippen LogP contribution is 2.12. The first-order valence-corrected chi connectivity index (χ1v) is 7.29. The van der Waals surface area contributed by atoms with Gasteiger partial charge in [0, 0.05) is 19.3 Å². The van der Waals surface area contributed by atoms with E-state index in [0.29, 0.717) is 19.6 Å². The third-order valence-corrected chi connectivity index (χ3v) is 3.79. The first-order chi connectivity index (χ1) is 9.66. The van der Waals surface area contributed by atoms with Crippen molar-refractivity contribution in [2.45, 2.75) is 25.3 Å². The van der Waals surface area contributed by atoms with Gasteiger partial charge in [0.2, 0.25) is 5.91 Å². The van der Waals surface area contributed by atoms with E-state index in [4.69, 9.17) is 22.7 Å². The first-order valence-electron chi connectivity index (χ1n) is 6.88. The van der Waals surface area contributed by atoms with Gasteiger partial charge in [0.15, 0.2) is 0 Å². The molecule has 0 radical (unpaired) electrons. The zero-order valence-electron chi connectivity index (χ0n) is 11.4. The molecule has 5 heteroatoms. The Morgan fingerprint density at radius 2 is 2.00 bits per heavy atom. The number of nitrogens with one attached hydrogen (secondary N) is 1. The molecule has 20 heavy (non-hydrogen) atoms. The van der Waals surface area contributed by atoms with Crippen LogP contribution in [-0.4, -0.2) is 30.2 Å². The number of ether oxygens (including phenoxy) is 1. The molecule has 4 nitrogen and oxygen atoms in total. The van der Waals surface area contributed by atoms with Gasteiger partial charge in [-0.1, -0.05) is 42.5 Å². The largest absolute Gasteiger partial charge is 0.393 e. The van der Waals surface area contributed by atoms with Gasteiger partial charge in [-0.25, -0.2) is 0 Å². The van der Waals surface area contributed by atoms with Gasteiger partial charge >= 0.3 is 0 Å². The van der Waals surface area contributed by atoms with Crippen molar-refractivity contribution in [3.8, 4) is 0 Å². The summed E-state index contributed by atoms with van der Waals surface area (Å²) in [4.78, 5) is 12.6. The SMILES string of the molecule is NC(=S)C(Cc1ccccc1)C(=O)NC1CCOCC1. The molecule has 1 amide bonds. The number of carbonyl (C=O) groups excluding carboxylic acids is 1. The lowest BCUT2D eigenvalue weighted by Crippen LogP contribution is -2.45. The van der Waals surface area contributed by atoms with Gasteiger partial charge in [-0.2, -0.15) is 0 Å². The molecular weight excluding hydrogens is 272 g/mol. The summed E-state index contributed by atoms with van der Waals surface area (Å²) in [6, 6.07) is 9.97. The van der Waals surface area contributed by atoms with E-state index in [1.807, 2.05) is 30.3 Å². The molecule has 3 N–H and O–H groups in total. The van der Waals surface area contributed by atoms with Crippen LogP contribution in [0.4, 0.5) is 0 Å². The molecule has 2 rings (SSSR count). The van der Waals surface area contributed by atoms with E-state index in [1.165, 1.54) is 0 Å². The highest BCUT2D eigenvalue weighted by Gasteiger charge is 2.25. The molecule has 1 aromatic carbocycles. The molecule has 1 atom stereocenters. The highest BCUT2D eigenvalue weighted by atomic mass is 32.1. The Kier molecular flexibility index (Phi) is 5.49. The second-order valence-electron chi connectivity index (χ2n) is 5.04. The summed E-state index contributed by atoms with van der Waals surface area (Å²) in [5.74, 6) is -0.525. The lowest BCUT2D eigenvalue weighted by molar-refractivity contribution is -0.124. The predicted octanol–water partition coefficient (Wildman–Crippen LogP) is 1.43. The average Bonchev–Trinajstić information content (AvgIpc) is 2.46. The molecular formula is C15H20N2O2S. The van der Waals surface area contributed by atoms with Crippen molar-refractivity contribution in [1.29, 1.82) is 0 Å². The van der Waals surface area contributed by atoms with E-state index in [-0.39, 0.29) is 16.9 Å². The maximum Gasteiger partial charge on any atom is 0.230 e. The van der Waals surface area contributed by atoms with Crippen LogP contribution in [0.3, 0.4) is 0 Å². The fourth-order valence-corrected chi connectivity index (χ4v) is 2.51. The number of hydrogen-bond acceptors (Lipinski definition) is 3. The Labute approximate surface area is 124 Å². The van der Waals surface area contributed by atoms with Gasteiger partial charge in [0.05, 0.1) is 10.9 Å². The fourth-order valence-electron chi connectivity index (χ4n) is 2.32. The molecule has 0 aromatic heterocycles. The summed E-state index contributed by atoms with van der Waals surface area (Å²) in [5.41, 5.74) is 6.80. The third-order valence-electron chi connectivity index (χ3n) is 3.51. The normalized spacial score (nSPS) is 17.4. The van der Waals surface area contributed by atoms with Crippen molar-refractivity contribution in [3.05, 3.63) is 35.9 Å². The minimum Gasteiger partial charge on any atom is -0.393 e. The zero-order valence-corrected chi connectivity index (χ0v) is 12.2. The van der Waals surface area contributed by atoms with Gasteiger partial charge in [-0.15, -0.1) is 0 Å². The molecule has 0 saturated carbocycles. The monoisotopic (exact) mass is 292 g/mol. The van der Waals surface area contributed by atoms with Crippen LogP contribution in [-0.2, 0) is 16.0 Å². The summed E-state index contributed by atoms with van der Waals surface area (Å²) < 4.78 is 5.28. The molecule has 1 fully saturated rings. The summed E-state index contributed by atoms with van der Waals surface area (Å²) in [6.07, 6.45) is 2.24. The molecule has 1 aliphatic heterocycles. The van der Waals surface area contributed by atoms with Crippen LogP contribution in [0, 0.1) is 5.92 Å². The average molecular weight is 292 g/mol. The van der Waals surface area contributed by atoms with Gasteiger partial charge < -0.3 is 15.8 Å². The van der Waals surface area contributed by atoms with Crippen LogP contribution < -0.4 is 11.1 Å². The number of benzene rings is 1. The lowest BCUT2D eigenvalue weighted by atomic mass is 9.97. The minimum atomic E-state index is -0.449. The topological polar surface area (TPSA) is 64.4 Å². The number of amides is 1. The number of hydrogen-bond donors (Lipinski definition) is 2. The molecule has 0 spiro atoms. The molecule has 1 heterocycles. The van der Waals surface area contributed by atoms with E-state index < -0.39 is 5.92 Å². The quantitative estimate of drug-likeness (QED) is 0.806. The Hall–Kier alpha value is -1.46. The van der Waals surface area contributed by atoms with Crippen LogP contribution in [0.5, 0.6) is 0 Å². The van der Waals surface area contributed by atoms with Gasteiger partial charge in [0.25, 0.3) is 0 Å². The predicted molar refractivity (Wildman–Crippen MR) is 82.4 cm³/mol. The Morgan fingerprint density at radius 1 is 1.35 bits per heavy atom. The summed E-state index contributed by atoms with van der Waals surface area (Å²) >= 11 is 5.05. The van der Waals surface area contributed by atoms with Crippen molar-refractivity contribution in [2.24, 2.45) is 11.7 Å². The van der Waals surface area contributed by atoms with E-state index in [0.717, 1.165) is 18.4 Å². The van der Waals surface area contributed by atoms with Crippen molar-refractivity contribution in [1.82, 2.24) is 5.32 Å². The Morgan fingerprint density at radius 3 is 2.60 bits per heavy atom. The van der Waals surface area contributed by atoms with E-state index in [9.17, 15) is 4.79 Å². The van der Waals surface area contributed by atoms with E-state index in [2.05, 4.69) is 5.32 Å². The van der Waals surface area contributed by atoms with E-state index >= 15 is 0 Å². The molecule has 1 aromatic rings. The third kappa shape index (κ3) is 4.28. The molecule has 0 aliphatic carbocycles. The van der Waals surface area contributed by atoms with Gasteiger partial charge in [-0.05, 0) is 24.8 Å². The molecule has 108 valence electrons. The molecule has 1 aliphatic rings. The second-order valence-corrected chi connectivity index (χ2v) is 5.51. The molecule has 1 unspecified atom stereocenters. The van der Waals surface area contributed by atoms with Crippen molar-refractivity contribution >= 4 is 23.1 Å². The standard InChI is InChI=1S/C15H20N2O2S/c16-14(20)13(10-11-4-2-1-3-5-11)15(18)17-12-6-8-19-9-7-12/h1-5,12-13H,6-10H2,(H2,16,20)(H,17,18). The van der Waals surface area contributed by atoms with Crippen molar-refractivity contribution in [2.75, 3.05) is 13.2 Å². The van der Waals surface area contributed by atoms with Crippen LogP contribution >= 0.6 is 12.2 Å². The van der Waals surface area contributed by atoms with Crippen LogP contribution in [0.15, 0.2) is 30.3 Å². The molecule has 1 saturated heterocycles. The summed E-state index contributed by atoms with van der Waals surface area (Å²) in [5, 5.41) is 3.03. The first kappa shape index (κ1) is 14.9. The van der Waals surface area contributed by atoms with Crippen LogP contribution in [0.25, 0.3) is 0 Å². The van der Waals surface area contributed by atoms with Crippen LogP contribution in [0.2, 0.25) is 0 Å². The number of nitrogens with two attached hydrogens (primary N) is 1. The highest BCUT2D eigenvalue weighted by molar-refractivity contribution is 7.80. The Bertz CT molecular complexity index is 458. The summed E-state index contributed by atoms with van der Waals surface area (Å²) in [7, 11) is 0. The summed E-state index contributed by atoms with van der Waals surface area (Å²) in [6.45, 7) is 1.39. The zero-order chi connectivity index (χ0) is 14.4. The second kappa shape index (κ2) is 7.36.